The molecule has 0 radical (unpaired) electrons. The lowest BCUT2D eigenvalue weighted by atomic mass is 10.0. The van der Waals surface area contributed by atoms with Crippen LogP contribution in [0.4, 0.5) is 0 Å². The Morgan fingerprint density at radius 1 is 1.27 bits per heavy atom. The largest absolute Gasteiger partial charge is 0.354 e. The molecule has 1 aromatic carbocycles. The van der Waals surface area contributed by atoms with Crippen molar-refractivity contribution in [2.75, 3.05) is 0 Å². The summed E-state index contributed by atoms with van der Waals surface area (Å²) >= 11 is 0. The molecule has 0 atom stereocenters. The third kappa shape index (κ3) is 3.74. The molecule has 2 heteroatoms. The van der Waals surface area contributed by atoms with Crippen molar-refractivity contribution in [1.82, 2.24) is 5.32 Å². The summed E-state index contributed by atoms with van der Waals surface area (Å²) in [7, 11) is 0. The van der Waals surface area contributed by atoms with Gasteiger partial charge in [-0.2, -0.15) is 0 Å². The highest BCUT2D eigenvalue weighted by atomic mass is 16.1. The first-order chi connectivity index (χ1) is 6.99. The standard InChI is InChI=1S/C13H19NO/c1-9(2)14-13(15)8-12-6-5-10(3)11(4)7-12/h5-7,9H,8H2,1-4H3,(H,14,15). The summed E-state index contributed by atoms with van der Waals surface area (Å²) in [6.45, 7) is 8.09. The van der Waals surface area contributed by atoms with Crippen LogP contribution in [0, 0.1) is 13.8 Å². The number of rotatable bonds is 3. The van der Waals surface area contributed by atoms with E-state index in [1.54, 1.807) is 0 Å². The summed E-state index contributed by atoms with van der Waals surface area (Å²) < 4.78 is 0. The first kappa shape index (κ1) is 11.8. The van der Waals surface area contributed by atoms with Gasteiger partial charge in [0.2, 0.25) is 5.91 Å². The molecule has 0 aliphatic rings. The van der Waals surface area contributed by atoms with Crippen LogP contribution < -0.4 is 5.32 Å². The fraction of sp³-hybridized carbons (Fsp3) is 0.462. The quantitative estimate of drug-likeness (QED) is 0.806. The number of amides is 1. The molecule has 1 aromatic rings. The van der Waals surface area contributed by atoms with Gasteiger partial charge in [0.1, 0.15) is 0 Å². The lowest BCUT2D eigenvalue weighted by Crippen LogP contribution is -2.31. The van der Waals surface area contributed by atoms with E-state index >= 15 is 0 Å². The Bertz CT molecular complexity index is 356. The SMILES string of the molecule is Cc1ccc(CC(=O)NC(C)C)cc1C. The molecule has 2 nitrogen and oxygen atoms in total. The van der Waals surface area contributed by atoms with Gasteiger partial charge in [-0.1, -0.05) is 18.2 Å². The molecule has 1 amide bonds. The highest BCUT2D eigenvalue weighted by molar-refractivity contribution is 5.78. The zero-order chi connectivity index (χ0) is 11.4. The van der Waals surface area contributed by atoms with Crippen LogP contribution in [0.15, 0.2) is 18.2 Å². The third-order valence-electron chi connectivity index (χ3n) is 2.39. The normalized spacial score (nSPS) is 10.5. The van der Waals surface area contributed by atoms with Gasteiger partial charge in [0.25, 0.3) is 0 Å². The summed E-state index contributed by atoms with van der Waals surface area (Å²) in [5.74, 6) is 0.0910. The maximum atomic E-state index is 11.5. The van der Waals surface area contributed by atoms with Crippen molar-refractivity contribution < 1.29 is 4.79 Å². The Morgan fingerprint density at radius 3 is 2.47 bits per heavy atom. The molecule has 0 aliphatic carbocycles. The van der Waals surface area contributed by atoms with Crippen molar-refractivity contribution in [3.8, 4) is 0 Å². The molecule has 15 heavy (non-hydrogen) atoms. The van der Waals surface area contributed by atoms with Gasteiger partial charge < -0.3 is 5.32 Å². The molecule has 0 aliphatic heterocycles. The van der Waals surface area contributed by atoms with Gasteiger partial charge in [-0.3, -0.25) is 4.79 Å². The number of hydrogen-bond donors (Lipinski definition) is 1. The maximum Gasteiger partial charge on any atom is 0.224 e. The van der Waals surface area contributed by atoms with Crippen LogP contribution in [0.1, 0.15) is 30.5 Å². The highest BCUT2D eigenvalue weighted by Crippen LogP contribution is 2.10. The number of hydrogen-bond acceptors (Lipinski definition) is 1. The van der Waals surface area contributed by atoms with Crippen molar-refractivity contribution in [3.05, 3.63) is 34.9 Å². The van der Waals surface area contributed by atoms with E-state index in [0.717, 1.165) is 5.56 Å². The minimum Gasteiger partial charge on any atom is -0.354 e. The van der Waals surface area contributed by atoms with Gasteiger partial charge in [-0.05, 0) is 44.4 Å². The van der Waals surface area contributed by atoms with Gasteiger partial charge in [0, 0.05) is 6.04 Å². The van der Waals surface area contributed by atoms with Crippen LogP contribution >= 0.6 is 0 Å². The van der Waals surface area contributed by atoms with Crippen molar-refractivity contribution in [1.29, 1.82) is 0 Å². The van der Waals surface area contributed by atoms with Crippen LogP contribution in [0.2, 0.25) is 0 Å². The molecular weight excluding hydrogens is 186 g/mol. The molecule has 0 fully saturated rings. The van der Waals surface area contributed by atoms with E-state index in [1.165, 1.54) is 11.1 Å². The number of nitrogens with one attached hydrogen (secondary N) is 1. The molecule has 0 saturated carbocycles. The van der Waals surface area contributed by atoms with E-state index in [1.807, 2.05) is 19.9 Å². The van der Waals surface area contributed by atoms with Gasteiger partial charge in [0.15, 0.2) is 0 Å². The van der Waals surface area contributed by atoms with E-state index in [9.17, 15) is 4.79 Å². The monoisotopic (exact) mass is 205 g/mol. The van der Waals surface area contributed by atoms with E-state index in [2.05, 4.69) is 31.3 Å². The maximum absolute atomic E-state index is 11.5. The summed E-state index contributed by atoms with van der Waals surface area (Å²) in [6, 6.07) is 6.37. The van der Waals surface area contributed by atoms with Crippen LogP contribution in [-0.4, -0.2) is 11.9 Å². The van der Waals surface area contributed by atoms with E-state index in [4.69, 9.17) is 0 Å². The first-order valence-electron chi connectivity index (χ1n) is 5.34. The predicted molar refractivity (Wildman–Crippen MR) is 62.9 cm³/mol. The smallest absolute Gasteiger partial charge is 0.224 e. The molecule has 0 saturated heterocycles. The minimum atomic E-state index is 0.0910. The lowest BCUT2D eigenvalue weighted by molar-refractivity contribution is -0.120. The molecule has 82 valence electrons. The van der Waals surface area contributed by atoms with E-state index in [0.29, 0.717) is 6.42 Å². The predicted octanol–water partition coefficient (Wildman–Crippen LogP) is 2.37. The van der Waals surface area contributed by atoms with Crippen molar-refractivity contribution >= 4 is 5.91 Å². The number of carbonyl (C=O) groups is 1. The second-order valence-electron chi connectivity index (χ2n) is 4.32. The zero-order valence-corrected chi connectivity index (χ0v) is 9.92. The van der Waals surface area contributed by atoms with Gasteiger partial charge in [-0.15, -0.1) is 0 Å². The topological polar surface area (TPSA) is 29.1 Å². The average Bonchev–Trinajstić information content (AvgIpc) is 2.10. The Morgan fingerprint density at radius 2 is 1.93 bits per heavy atom. The summed E-state index contributed by atoms with van der Waals surface area (Å²) in [5.41, 5.74) is 3.59. The Labute approximate surface area is 91.7 Å². The molecule has 0 bridgehead atoms. The number of aryl methyl sites for hydroxylation is 2. The minimum absolute atomic E-state index is 0.0910. The second-order valence-corrected chi connectivity index (χ2v) is 4.32. The number of benzene rings is 1. The van der Waals surface area contributed by atoms with Crippen LogP contribution in [-0.2, 0) is 11.2 Å². The Hall–Kier alpha value is -1.31. The highest BCUT2D eigenvalue weighted by Gasteiger charge is 2.05. The number of carbonyl (C=O) groups excluding carboxylic acids is 1. The molecule has 0 heterocycles. The van der Waals surface area contributed by atoms with Crippen molar-refractivity contribution in [3.63, 3.8) is 0 Å². The molecule has 1 rings (SSSR count). The van der Waals surface area contributed by atoms with Crippen LogP contribution in [0.25, 0.3) is 0 Å². The fourth-order valence-electron chi connectivity index (χ4n) is 1.47. The van der Waals surface area contributed by atoms with Gasteiger partial charge in [-0.25, -0.2) is 0 Å². The van der Waals surface area contributed by atoms with E-state index < -0.39 is 0 Å². The first-order valence-corrected chi connectivity index (χ1v) is 5.34. The molecule has 0 spiro atoms. The summed E-state index contributed by atoms with van der Waals surface area (Å²) in [5, 5.41) is 2.89. The summed E-state index contributed by atoms with van der Waals surface area (Å²) in [4.78, 5) is 11.5. The van der Waals surface area contributed by atoms with Crippen molar-refractivity contribution in [2.45, 2.75) is 40.2 Å². The van der Waals surface area contributed by atoms with Gasteiger partial charge in [0.05, 0.1) is 6.42 Å². The molecule has 0 aromatic heterocycles. The fourth-order valence-corrected chi connectivity index (χ4v) is 1.47. The molecule has 1 N–H and O–H groups in total. The summed E-state index contributed by atoms with van der Waals surface area (Å²) in [6.07, 6.45) is 0.472. The molecule has 0 unspecified atom stereocenters. The van der Waals surface area contributed by atoms with Gasteiger partial charge >= 0.3 is 0 Å². The van der Waals surface area contributed by atoms with Crippen LogP contribution in [0.5, 0.6) is 0 Å². The second kappa shape index (κ2) is 4.96. The van der Waals surface area contributed by atoms with Crippen LogP contribution in [0.3, 0.4) is 0 Å². The zero-order valence-electron chi connectivity index (χ0n) is 9.92. The van der Waals surface area contributed by atoms with Crippen molar-refractivity contribution in [2.24, 2.45) is 0 Å². The Balaban J connectivity index is 2.65. The van der Waals surface area contributed by atoms with E-state index in [-0.39, 0.29) is 11.9 Å². The Kier molecular flexibility index (Phi) is 3.89. The average molecular weight is 205 g/mol. The third-order valence-corrected chi connectivity index (χ3v) is 2.39. The lowest BCUT2D eigenvalue weighted by Gasteiger charge is -2.09. The molecular formula is C13H19NO.